The van der Waals surface area contributed by atoms with E-state index in [1.54, 1.807) is 0 Å². The van der Waals surface area contributed by atoms with E-state index in [1.807, 2.05) is 0 Å². The number of rotatable bonds is 3. The van der Waals surface area contributed by atoms with Crippen LogP contribution in [-0.4, -0.2) is 9.85 Å². The Bertz CT molecular complexity index is 431. The van der Waals surface area contributed by atoms with Crippen molar-refractivity contribution in [3.8, 4) is 0 Å². The van der Waals surface area contributed by atoms with Gasteiger partial charge in [-0.15, -0.1) is 0 Å². The van der Waals surface area contributed by atoms with Gasteiger partial charge in [-0.05, 0) is 0 Å². The summed E-state index contributed by atoms with van der Waals surface area (Å²) in [4.78, 5) is 19.5. The zero-order valence-electron chi connectivity index (χ0n) is 7.54. The smallest absolute Gasteiger partial charge is 0.299 e. The van der Waals surface area contributed by atoms with Crippen LogP contribution in [0.3, 0.4) is 0 Å². The second-order valence-corrected chi connectivity index (χ2v) is 2.76. The Balaban J connectivity index is 3.45. The van der Waals surface area contributed by atoms with Crippen molar-refractivity contribution in [3.63, 3.8) is 0 Å². The quantitative estimate of drug-likeness (QED) is 0.426. The Hall–Kier alpha value is -2.22. The molecule has 0 amide bonds. The third-order valence-corrected chi connectivity index (χ3v) is 1.86. The first-order chi connectivity index (χ1) is 6.97. The molecule has 0 fully saturated rings. The van der Waals surface area contributed by atoms with Gasteiger partial charge in [0.05, 0.1) is 15.9 Å². The fourth-order valence-corrected chi connectivity index (χ4v) is 1.11. The fourth-order valence-electron chi connectivity index (χ4n) is 1.11. The predicted molar refractivity (Wildman–Crippen MR) is 52.1 cm³/mol. The van der Waals surface area contributed by atoms with Crippen molar-refractivity contribution in [2.45, 2.75) is 6.54 Å². The van der Waals surface area contributed by atoms with E-state index in [-0.39, 0.29) is 17.8 Å². The Morgan fingerprint density at radius 3 is 2.20 bits per heavy atom. The molecule has 1 rings (SSSR count). The van der Waals surface area contributed by atoms with Crippen LogP contribution in [0.15, 0.2) is 12.1 Å². The highest BCUT2D eigenvalue weighted by molar-refractivity contribution is 5.67. The molecular formula is C7H8N4O4. The molecule has 0 spiro atoms. The Kier molecular flexibility index (Phi) is 2.81. The van der Waals surface area contributed by atoms with Gasteiger partial charge in [-0.2, -0.15) is 0 Å². The maximum Gasteiger partial charge on any atom is 0.299 e. The van der Waals surface area contributed by atoms with Crippen LogP contribution in [0.5, 0.6) is 0 Å². The zero-order chi connectivity index (χ0) is 11.6. The predicted octanol–water partition coefficient (Wildman–Crippen LogP) is 0.544. The first-order valence-corrected chi connectivity index (χ1v) is 3.88. The van der Waals surface area contributed by atoms with E-state index >= 15 is 0 Å². The monoisotopic (exact) mass is 212 g/mol. The van der Waals surface area contributed by atoms with Crippen molar-refractivity contribution in [2.75, 3.05) is 5.73 Å². The minimum atomic E-state index is -0.776. The van der Waals surface area contributed by atoms with Crippen molar-refractivity contribution in [1.29, 1.82) is 0 Å². The van der Waals surface area contributed by atoms with Crippen LogP contribution in [0.2, 0.25) is 0 Å². The average molecular weight is 212 g/mol. The second-order valence-electron chi connectivity index (χ2n) is 2.76. The SMILES string of the molecule is NCc1cc([N+](=O)[O-])cc([N+](=O)[O-])c1N. The molecule has 0 atom stereocenters. The van der Waals surface area contributed by atoms with E-state index in [4.69, 9.17) is 11.5 Å². The average Bonchev–Trinajstić information content (AvgIpc) is 2.17. The molecule has 0 aliphatic rings. The Labute approximate surface area is 83.8 Å². The molecule has 0 bridgehead atoms. The van der Waals surface area contributed by atoms with Gasteiger partial charge in [-0.1, -0.05) is 0 Å². The molecule has 0 aliphatic carbocycles. The molecule has 1 aromatic carbocycles. The number of non-ortho nitro benzene ring substituents is 1. The minimum absolute atomic E-state index is 0.0889. The summed E-state index contributed by atoms with van der Waals surface area (Å²) in [6.45, 7) is -0.0889. The summed E-state index contributed by atoms with van der Waals surface area (Å²) in [6, 6.07) is 1.94. The standard InChI is InChI=1S/C7H8N4O4/c8-3-4-1-5(10(12)13)2-6(7(4)9)11(14)15/h1-2H,3,8-9H2. The van der Waals surface area contributed by atoms with Crippen LogP contribution in [0.25, 0.3) is 0 Å². The lowest BCUT2D eigenvalue weighted by molar-refractivity contribution is -0.393. The number of hydrogen-bond acceptors (Lipinski definition) is 6. The van der Waals surface area contributed by atoms with E-state index in [0.717, 1.165) is 12.1 Å². The summed E-state index contributed by atoms with van der Waals surface area (Å²) in [6.07, 6.45) is 0. The van der Waals surface area contributed by atoms with E-state index in [1.165, 1.54) is 0 Å². The van der Waals surface area contributed by atoms with E-state index < -0.39 is 21.2 Å². The number of nitro benzene ring substituents is 2. The van der Waals surface area contributed by atoms with E-state index in [9.17, 15) is 20.2 Å². The van der Waals surface area contributed by atoms with Gasteiger partial charge >= 0.3 is 0 Å². The molecule has 0 saturated heterocycles. The molecule has 0 heterocycles. The largest absolute Gasteiger partial charge is 0.393 e. The highest BCUT2D eigenvalue weighted by Crippen LogP contribution is 2.30. The van der Waals surface area contributed by atoms with Gasteiger partial charge in [0.15, 0.2) is 0 Å². The van der Waals surface area contributed by atoms with Gasteiger partial charge in [0.25, 0.3) is 11.4 Å². The number of hydrogen-bond donors (Lipinski definition) is 2. The summed E-state index contributed by atoms with van der Waals surface area (Å²) in [5.41, 5.74) is 9.85. The van der Waals surface area contributed by atoms with Crippen molar-refractivity contribution in [3.05, 3.63) is 37.9 Å². The fraction of sp³-hybridized carbons (Fsp3) is 0.143. The number of nitrogens with two attached hydrogens (primary N) is 2. The lowest BCUT2D eigenvalue weighted by Crippen LogP contribution is -2.06. The first kappa shape index (κ1) is 10.9. The van der Waals surface area contributed by atoms with Crippen LogP contribution < -0.4 is 11.5 Å². The molecule has 4 N–H and O–H groups in total. The van der Waals surface area contributed by atoms with Gasteiger partial charge in [0, 0.05) is 18.2 Å². The second kappa shape index (κ2) is 3.88. The molecule has 0 unspecified atom stereocenters. The third-order valence-electron chi connectivity index (χ3n) is 1.86. The Morgan fingerprint density at radius 2 is 1.80 bits per heavy atom. The van der Waals surface area contributed by atoms with Gasteiger partial charge in [-0.25, -0.2) is 0 Å². The van der Waals surface area contributed by atoms with Gasteiger partial charge in [-0.3, -0.25) is 20.2 Å². The third kappa shape index (κ3) is 1.99. The van der Waals surface area contributed by atoms with Crippen LogP contribution in [0, 0.1) is 20.2 Å². The van der Waals surface area contributed by atoms with Gasteiger partial charge < -0.3 is 11.5 Å². The van der Waals surface area contributed by atoms with Gasteiger partial charge in [0.1, 0.15) is 5.69 Å². The van der Waals surface area contributed by atoms with Crippen LogP contribution >= 0.6 is 0 Å². The zero-order valence-corrected chi connectivity index (χ0v) is 7.54. The number of nitrogen functional groups attached to an aromatic ring is 1. The molecule has 0 radical (unpaired) electrons. The first-order valence-electron chi connectivity index (χ1n) is 3.88. The Morgan fingerprint density at radius 1 is 1.20 bits per heavy atom. The van der Waals surface area contributed by atoms with Crippen LogP contribution in [-0.2, 0) is 6.54 Å². The molecule has 15 heavy (non-hydrogen) atoms. The number of benzene rings is 1. The van der Waals surface area contributed by atoms with Crippen molar-refractivity contribution in [1.82, 2.24) is 0 Å². The number of anilines is 1. The normalized spacial score (nSPS) is 9.93. The molecule has 8 nitrogen and oxygen atoms in total. The van der Waals surface area contributed by atoms with Crippen molar-refractivity contribution >= 4 is 17.1 Å². The molecule has 0 aliphatic heterocycles. The summed E-state index contributed by atoms with van der Waals surface area (Å²) in [7, 11) is 0. The molecule has 0 aromatic heterocycles. The maximum atomic E-state index is 10.5. The molecule has 1 aromatic rings. The summed E-state index contributed by atoms with van der Waals surface area (Å²) >= 11 is 0. The van der Waals surface area contributed by atoms with Crippen LogP contribution in [0.4, 0.5) is 17.1 Å². The highest BCUT2D eigenvalue weighted by Gasteiger charge is 2.21. The van der Waals surface area contributed by atoms with Gasteiger partial charge in [0.2, 0.25) is 0 Å². The molecular weight excluding hydrogens is 204 g/mol. The minimum Gasteiger partial charge on any atom is -0.393 e. The topological polar surface area (TPSA) is 138 Å². The molecule has 8 heteroatoms. The van der Waals surface area contributed by atoms with Crippen LogP contribution in [0.1, 0.15) is 5.56 Å². The number of nitrogens with zero attached hydrogens (tertiary/aromatic N) is 2. The van der Waals surface area contributed by atoms with Crippen molar-refractivity contribution in [2.24, 2.45) is 5.73 Å². The molecule has 0 saturated carbocycles. The van der Waals surface area contributed by atoms with E-state index in [0.29, 0.717) is 0 Å². The van der Waals surface area contributed by atoms with E-state index in [2.05, 4.69) is 0 Å². The lowest BCUT2D eigenvalue weighted by atomic mass is 10.1. The maximum absolute atomic E-state index is 10.5. The summed E-state index contributed by atoms with van der Waals surface area (Å²) < 4.78 is 0. The summed E-state index contributed by atoms with van der Waals surface area (Å²) in [5.74, 6) is 0. The summed E-state index contributed by atoms with van der Waals surface area (Å²) in [5, 5.41) is 21.0. The molecule has 80 valence electrons. The lowest BCUT2D eigenvalue weighted by Gasteiger charge is -2.03. The number of nitro groups is 2. The van der Waals surface area contributed by atoms with Crippen molar-refractivity contribution < 1.29 is 9.85 Å². The highest BCUT2D eigenvalue weighted by atomic mass is 16.6.